The van der Waals surface area contributed by atoms with Crippen molar-refractivity contribution in [3.63, 3.8) is 0 Å². The average molecular weight is 639 g/mol. The van der Waals surface area contributed by atoms with Crippen molar-refractivity contribution in [2.45, 2.75) is 37.8 Å². The van der Waals surface area contributed by atoms with Gasteiger partial charge in [0.1, 0.15) is 12.6 Å². The summed E-state index contributed by atoms with van der Waals surface area (Å²) in [6, 6.07) is 26.6. The van der Waals surface area contributed by atoms with E-state index in [-0.39, 0.29) is 17.9 Å². The first-order valence-electron chi connectivity index (χ1n) is 13.7. The maximum absolute atomic E-state index is 14.4. The molecule has 0 fully saturated rings. The number of aryl methyl sites for hydroxylation is 2. The number of hydrogen-bond acceptors (Lipinski definition) is 4. The van der Waals surface area contributed by atoms with E-state index in [9.17, 15) is 18.0 Å². The third-order valence-electron chi connectivity index (χ3n) is 7.14. The summed E-state index contributed by atoms with van der Waals surface area (Å²) in [6.07, 6.45) is 0.184. The van der Waals surface area contributed by atoms with E-state index in [1.807, 2.05) is 43.3 Å². The van der Waals surface area contributed by atoms with Crippen molar-refractivity contribution in [3.05, 3.63) is 129 Å². The Morgan fingerprint density at radius 2 is 1.44 bits per heavy atom. The molecule has 224 valence electrons. The van der Waals surface area contributed by atoms with Crippen LogP contribution in [0, 0.1) is 13.8 Å². The zero-order chi connectivity index (χ0) is 31.1. The minimum Gasteiger partial charge on any atom is -0.357 e. The molecule has 0 aliphatic carbocycles. The van der Waals surface area contributed by atoms with Gasteiger partial charge in [0.25, 0.3) is 10.0 Å². The smallest absolute Gasteiger partial charge is 0.264 e. The summed E-state index contributed by atoms with van der Waals surface area (Å²) in [6.45, 7) is 3.02. The quantitative estimate of drug-likeness (QED) is 0.212. The predicted molar refractivity (Wildman–Crippen MR) is 172 cm³/mol. The molecule has 0 saturated heterocycles. The third-order valence-corrected chi connectivity index (χ3v) is 9.62. The number of nitrogens with one attached hydrogen (secondary N) is 1. The van der Waals surface area contributed by atoms with Gasteiger partial charge in [0.2, 0.25) is 11.8 Å². The summed E-state index contributed by atoms with van der Waals surface area (Å²) in [7, 11) is -2.69. The van der Waals surface area contributed by atoms with Crippen molar-refractivity contribution in [2.24, 2.45) is 0 Å². The molecule has 4 aromatic carbocycles. The van der Waals surface area contributed by atoms with E-state index in [1.165, 1.54) is 24.1 Å². The fourth-order valence-corrected chi connectivity index (χ4v) is 6.91. The van der Waals surface area contributed by atoms with E-state index in [1.54, 1.807) is 55.5 Å². The first kappa shape index (κ1) is 32.1. The minimum atomic E-state index is -4.18. The minimum absolute atomic E-state index is 0.0376. The highest BCUT2D eigenvalue weighted by molar-refractivity contribution is 7.92. The largest absolute Gasteiger partial charge is 0.357 e. The Bertz CT molecular complexity index is 1680. The number of rotatable bonds is 11. The number of halogens is 2. The topological polar surface area (TPSA) is 86.8 Å². The van der Waals surface area contributed by atoms with E-state index < -0.39 is 34.4 Å². The normalized spacial score (nSPS) is 11.9. The van der Waals surface area contributed by atoms with Gasteiger partial charge in [0.05, 0.1) is 10.6 Å². The van der Waals surface area contributed by atoms with Gasteiger partial charge in [-0.2, -0.15) is 0 Å². The molecule has 0 spiro atoms. The molecule has 4 rings (SSSR count). The number of carbonyl (C=O) groups excluding carboxylic acids is 2. The third kappa shape index (κ3) is 7.57. The Morgan fingerprint density at radius 3 is 2.02 bits per heavy atom. The van der Waals surface area contributed by atoms with Crippen LogP contribution in [0.2, 0.25) is 10.0 Å². The SMILES string of the molecule is CNC(=O)[C@@H](Cc1ccccc1)N(Cc1c(Cl)cccc1Cl)C(=O)CN(c1ccc(C)cc1C)S(=O)(=O)c1ccccc1. The highest BCUT2D eigenvalue weighted by Crippen LogP contribution is 2.30. The summed E-state index contributed by atoms with van der Waals surface area (Å²) in [4.78, 5) is 29.2. The molecule has 0 heterocycles. The lowest BCUT2D eigenvalue weighted by Crippen LogP contribution is -2.53. The number of carbonyl (C=O) groups is 2. The number of anilines is 1. The van der Waals surface area contributed by atoms with E-state index in [0.29, 0.717) is 26.9 Å². The first-order valence-corrected chi connectivity index (χ1v) is 15.9. The zero-order valence-electron chi connectivity index (χ0n) is 24.1. The number of benzene rings is 4. The highest BCUT2D eigenvalue weighted by Gasteiger charge is 2.35. The lowest BCUT2D eigenvalue weighted by molar-refractivity contribution is -0.139. The second-order valence-electron chi connectivity index (χ2n) is 10.2. The second kappa shape index (κ2) is 14.1. The van der Waals surface area contributed by atoms with Crippen molar-refractivity contribution >= 4 is 50.7 Å². The molecular weight excluding hydrogens is 605 g/mol. The van der Waals surface area contributed by atoms with E-state index >= 15 is 0 Å². The van der Waals surface area contributed by atoms with Crippen LogP contribution in [0.3, 0.4) is 0 Å². The molecule has 0 aliphatic heterocycles. The van der Waals surface area contributed by atoms with Crippen LogP contribution >= 0.6 is 23.2 Å². The van der Waals surface area contributed by atoms with Crippen LogP contribution in [0.4, 0.5) is 5.69 Å². The van der Waals surface area contributed by atoms with Gasteiger partial charge in [-0.05, 0) is 55.3 Å². The van der Waals surface area contributed by atoms with E-state index in [2.05, 4.69) is 5.32 Å². The first-order chi connectivity index (χ1) is 20.5. The zero-order valence-corrected chi connectivity index (χ0v) is 26.5. The molecule has 0 saturated carbocycles. The number of nitrogens with zero attached hydrogens (tertiary/aromatic N) is 2. The average Bonchev–Trinajstić information content (AvgIpc) is 2.99. The number of amides is 2. The fraction of sp³-hybridized carbons (Fsp3) is 0.212. The lowest BCUT2D eigenvalue weighted by Gasteiger charge is -2.34. The van der Waals surface area contributed by atoms with Gasteiger partial charge in [-0.3, -0.25) is 13.9 Å². The van der Waals surface area contributed by atoms with Gasteiger partial charge >= 0.3 is 0 Å². The predicted octanol–water partition coefficient (Wildman–Crippen LogP) is 6.19. The molecule has 7 nitrogen and oxygen atoms in total. The molecule has 2 amide bonds. The van der Waals surface area contributed by atoms with Gasteiger partial charge in [-0.15, -0.1) is 0 Å². The van der Waals surface area contributed by atoms with Crippen LogP contribution in [0.25, 0.3) is 0 Å². The van der Waals surface area contributed by atoms with Gasteiger partial charge in [-0.1, -0.05) is 95.5 Å². The van der Waals surface area contributed by atoms with Crippen LogP contribution in [0.1, 0.15) is 22.3 Å². The second-order valence-corrected chi connectivity index (χ2v) is 12.8. The Balaban J connectivity index is 1.84. The van der Waals surface area contributed by atoms with Gasteiger partial charge in [0, 0.05) is 35.6 Å². The molecule has 1 N–H and O–H groups in total. The van der Waals surface area contributed by atoms with Gasteiger partial charge in [-0.25, -0.2) is 8.42 Å². The maximum Gasteiger partial charge on any atom is 0.264 e. The van der Waals surface area contributed by atoms with Crippen molar-refractivity contribution < 1.29 is 18.0 Å². The van der Waals surface area contributed by atoms with E-state index in [4.69, 9.17) is 23.2 Å². The van der Waals surface area contributed by atoms with Crippen LogP contribution in [0.5, 0.6) is 0 Å². The lowest BCUT2D eigenvalue weighted by atomic mass is 10.0. The highest BCUT2D eigenvalue weighted by atomic mass is 35.5. The van der Waals surface area contributed by atoms with Crippen LogP contribution < -0.4 is 9.62 Å². The Labute approximate surface area is 263 Å². The van der Waals surface area contributed by atoms with Crippen LogP contribution in [0.15, 0.2) is 102 Å². The molecule has 43 heavy (non-hydrogen) atoms. The fourth-order valence-electron chi connectivity index (χ4n) is 4.89. The summed E-state index contributed by atoms with van der Waals surface area (Å²) >= 11 is 13.0. The summed E-state index contributed by atoms with van der Waals surface area (Å²) in [5.74, 6) is -1.01. The Morgan fingerprint density at radius 1 is 0.837 bits per heavy atom. The van der Waals surface area contributed by atoms with Crippen molar-refractivity contribution in [1.29, 1.82) is 0 Å². The molecular formula is C33H33Cl2N3O4S. The van der Waals surface area contributed by atoms with Crippen molar-refractivity contribution in [1.82, 2.24) is 10.2 Å². The Hall–Kier alpha value is -3.85. The molecule has 1 atom stereocenters. The molecule has 0 aromatic heterocycles. The van der Waals surface area contributed by atoms with Crippen molar-refractivity contribution in [3.8, 4) is 0 Å². The van der Waals surface area contributed by atoms with Crippen LogP contribution in [-0.4, -0.2) is 44.8 Å². The summed E-state index contributed by atoms with van der Waals surface area (Å²) < 4.78 is 29.3. The Kier molecular flexibility index (Phi) is 10.5. The summed E-state index contributed by atoms with van der Waals surface area (Å²) in [5.41, 5.74) is 3.26. The van der Waals surface area contributed by atoms with Crippen molar-refractivity contribution in [2.75, 3.05) is 17.9 Å². The number of likely N-dealkylation sites (N-methyl/N-ethyl adjacent to an activating group) is 1. The van der Waals surface area contributed by atoms with Gasteiger partial charge in [0.15, 0.2) is 0 Å². The summed E-state index contributed by atoms with van der Waals surface area (Å²) in [5, 5.41) is 3.31. The van der Waals surface area contributed by atoms with Crippen LogP contribution in [-0.2, 0) is 32.6 Å². The molecule has 0 bridgehead atoms. The molecule has 10 heteroatoms. The van der Waals surface area contributed by atoms with E-state index in [0.717, 1.165) is 15.4 Å². The molecule has 0 unspecified atom stereocenters. The van der Waals surface area contributed by atoms with Gasteiger partial charge < -0.3 is 10.2 Å². The molecule has 4 aromatic rings. The monoisotopic (exact) mass is 637 g/mol. The molecule has 0 radical (unpaired) electrons. The number of sulfonamides is 1. The standard InChI is InChI=1S/C33H33Cl2N3O4S/c1-23-17-18-30(24(2)19-23)38(43(41,42)26-13-8-5-9-14-26)22-32(39)37(21-27-28(34)15-10-16-29(27)35)31(33(40)36-3)20-25-11-6-4-7-12-25/h4-19,31H,20-22H2,1-3H3,(H,36,40)/t31-/m1/s1. The maximum atomic E-state index is 14.4. The molecule has 0 aliphatic rings. The number of hydrogen-bond donors (Lipinski definition) is 1.